The quantitative estimate of drug-likeness (QED) is 0.458. The molecule has 4 nitrogen and oxygen atoms in total. The predicted molar refractivity (Wildman–Crippen MR) is 69.1 cm³/mol. The van der Waals surface area contributed by atoms with Crippen molar-refractivity contribution in [2.24, 2.45) is 0 Å². The van der Waals surface area contributed by atoms with Crippen molar-refractivity contribution in [1.29, 1.82) is 0 Å². The first kappa shape index (κ1) is 12.5. The SMILES string of the molecule is C=C(CS)CN1C(=O)NC2(CCCCC2)C1=O. The van der Waals surface area contributed by atoms with E-state index in [4.69, 9.17) is 0 Å². The molecular formula is C12H18N2O2S. The molecule has 2 rings (SSSR count). The van der Waals surface area contributed by atoms with Gasteiger partial charge < -0.3 is 5.32 Å². The summed E-state index contributed by atoms with van der Waals surface area (Å²) in [6.07, 6.45) is 4.69. The second-order valence-corrected chi connectivity index (χ2v) is 5.19. The third-order valence-electron chi connectivity index (χ3n) is 3.56. The van der Waals surface area contributed by atoms with Gasteiger partial charge in [0.25, 0.3) is 5.91 Å². The van der Waals surface area contributed by atoms with Gasteiger partial charge in [-0.25, -0.2) is 4.79 Å². The average molecular weight is 254 g/mol. The number of imide groups is 1. The molecule has 5 heteroatoms. The third kappa shape index (κ3) is 2.20. The molecule has 0 atom stereocenters. The maximum atomic E-state index is 12.3. The first-order valence-corrected chi connectivity index (χ1v) is 6.64. The number of hydrogen-bond donors (Lipinski definition) is 2. The summed E-state index contributed by atoms with van der Waals surface area (Å²) in [5.74, 6) is 0.412. The molecule has 0 aromatic carbocycles. The molecule has 1 spiro atoms. The molecule has 2 aliphatic rings. The second-order valence-electron chi connectivity index (χ2n) is 4.87. The smallest absolute Gasteiger partial charge is 0.323 e. The third-order valence-corrected chi connectivity index (χ3v) is 4.01. The number of rotatable bonds is 3. The van der Waals surface area contributed by atoms with E-state index in [0.29, 0.717) is 5.75 Å². The Kier molecular flexibility index (Phi) is 3.47. The van der Waals surface area contributed by atoms with E-state index < -0.39 is 5.54 Å². The topological polar surface area (TPSA) is 49.4 Å². The number of hydrogen-bond acceptors (Lipinski definition) is 3. The summed E-state index contributed by atoms with van der Waals surface area (Å²) >= 11 is 4.10. The van der Waals surface area contributed by atoms with Crippen LogP contribution in [0.5, 0.6) is 0 Å². The Morgan fingerprint density at radius 2 is 2.00 bits per heavy atom. The van der Waals surface area contributed by atoms with E-state index in [9.17, 15) is 9.59 Å². The molecule has 1 aliphatic heterocycles. The van der Waals surface area contributed by atoms with Gasteiger partial charge >= 0.3 is 6.03 Å². The normalized spacial score (nSPS) is 23.0. The van der Waals surface area contributed by atoms with Crippen molar-refractivity contribution in [3.8, 4) is 0 Å². The highest BCUT2D eigenvalue weighted by Crippen LogP contribution is 2.33. The van der Waals surface area contributed by atoms with E-state index in [-0.39, 0.29) is 18.5 Å². The van der Waals surface area contributed by atoms with Gasteiger partial charge in [-0.05, 0) is 18.4 Å². The highest BCUT2D eigenvalue weighted by atomic mass is 32.1. The molecule has 2 fully saturated rings. The fourth-order valence-electron chi connectivity index (χ4n) is 2.59. The number of amides is 3. The van der Waals surface area contributed by atoms with Crippen molar-refractivity contribution in [3.63, 3.8) is 0 Å². The van der Waals surface area contributed by atoms with Crippen LogP contribution in [0, 0.1) is 0 Å². The highest BCUT2D eigenvalue weighted by Gasteiger charge is 2.51. The number of nitrogens with zero attached hydrogens (tertiary/aromatic N) is 1. The van der Waals surface area contributed by atoms with E-state index in [1.54, 1.807) is 0 Å². The summed E-state index contributed by atoms with van der Waals surface area (Å²) in [4.78, 5) is 25.4. The Morgan fingerprint density at radius 3 is 2.59 bits per heavy atom. The Hall–Kier alpha value is -0.970. The largest absolute Gasteiger partial charge is 0.325 e. The zero-order valence-electron chi connectivity index (χ0n) is 9.87. The zero-order valence-corrected chi connectivity index (χ0v) is 10.8. The van der Waals surface area contributed by atoms with Gasteiger partial charge in [0.1, 0.15) is 5.54 Å². The fourth-order valence-corrected chi connectivity index (χ4v) is 2.69. The van der Waals surface area contributed by atoms with Crippen LogP contribution in [-0.2, 0) is 4.79 Å². The van der Waals surface area contributed by atoms with E-state index >= 15 is 0 Å². The van der Waals surface area contributed by atoms with Crippen molar-refractivity contribution in [2.75, 3.05) is 12.3 Å². The summed E-state index contributed by atoms with van der Waals surface area (Å²) in [5, 5.41) is 2.87. The van der Waals surface area contributed by atoms with E-state index in [1.807, 2.05) is 0 Å². The van der Waals surface area contributed by atoms with Crippen LogP contribution < -0.4 is 5.32 Å². The summed E-state index contributed by atoms with van der Waals surface area (Å²) in [5.41, 5.74) is 0.163. The molecule has 1 saturated carbocycles. The molecule has 0 radical (unpaired) electrons. The average Bonchev–Trinajstić information content (AvgIpc) is 2.55. The maximum Gasteiger partial charge on any atom is 0.325 e. The van der Waals surface area contributed by atoms with Crippen molar-refractivity contribution in [3.05, 3.63) is 12.2 Å². The molecule has 1 heterocycles. The molecule has 1 saturated heterocycles. The lowest BCUT2D eigenvalue weighted by Gasteiger charge is -2.30. The number of carbonyl (C=O) groups excluding carboxylic acids is 2. The molecule has 17 heavy (non-hydrogen) atoms. The maximum absolute atomic E-state index is 12.3. The minimum absolute atomic E-state index is 0.0786. The Bertz CT molecular complexity index is 362. The van der Waals surface area contributed by atoms with Gasteiger partial charge in [-0.3, -0.25) is 9.69 Å². The molecule has 3 amide bonds. The number of carbonyl (C=O) groups is 2. The predicted octanol–water partition coefficient (Wildman–Crippen LogP) is 1.73. The van der Waals surface area contributed by atoms with Gasteiger partial charge in [0.2, 0.25) is 0 Å². The van der Waals surface area contributed by atoms with Crippen LogP contribution in [0.2, 0.25) is 0 Å². The molecule has 94 valence electrons. The molecule has 0 aromatic rings. The van der Waals surface area contributed by atoms with Crippen LogP contribution >= 0.6 is 12.6 Å². The van der Waals surface area contributed by atoms with E-state index in [0.717, 1.165) is 37.7 Å². The van der Waals surface area contributed by atoms with Crippen molar-refractivity contribution in [1.82, 2.24) is 10.2 Å². The van der Waals surface area contributed by atoms with Crippen LogP contribution in [0.25, 0.3) is 0 Å². The first-order valence-electron chi connectivity index (χ1n) is 6.01. The Morgan fingerprint density at radius 1 is 1.35 bits per heavy atom. The lowest BCUT2D eigenvalue weighted by molar-refractivity contribution is -0.132. The lowest BCUT2D eigenvalue weighted by atomic mass is 9.82. The number of nitrogens with one attached hydrogen (secondary N) is 1. The number of urea groups is 1. The van der Waals surface area contributed by atoms with Crippen molar-refractivity contribution >= 4 is 24.6 Å². The molecule has 1 N–H and O–H groups in total. The zero-order chi connectivity index (χ0) is 12.5. The minimum Gasteiger partial charge on any atom is -0.323 e. The summed E-state index contributed by atoms with van der Waals surface area (Å²) in [7, 11) is 0. The Labute approximate surface area is 107 Å². The molecule has 0 unspecified atom stereocenters. The minimum atomic E-state index is -0.619. The van der Waals surface area contributed by atoms with Crippen molar-refractivity contribution in [2.45, 2.75) is 37.6 Å². The fraction of sp³-hybridized carbons (Fsp3) is 0.667. The summed E-state index contributed by atoms with van der Waals surface area (Å²) in [6, 6.07) is -0.278. The second kappa shape index (κ2) is 4.72. The van der Waals surface area contributed by atoms with Gasteiger partial charge in [-0.15, -0.1) is 0 Å². The van der Waals surface area contributed by atoms with Gasteiger partial charge in [-0.2, -0.15) is 12.6 Å². The summed E-state index contributed by atoms with van der Waals surface area (Å²) in [6.45, 7) is 4.08. The van der Waals surface area contributed by atoms with Gasteiger partial charge in [0, 0.05) is 5.75 Å². The monoisotopic (exact) mass is 254 g/mol. The van der Waals surface area contributed by atoms with Crippen LogP contribution in [0.1, 0.15) is 32.1 Å². The molecule has 0 aromatic heterocycles. The standard InChI is InChI=1S/C12H18N2O2S/c1-9(8-17)7-14-10(15)12(13-11(14)16)5-3-2-4-6-12/h17H,1-8H2,(H,13,16). The van der Waals surface area contributed by atoms with Gasteiger partial charge in [0.15, 0.2) is 0 Å². The van der Waals surface area contributed by atoms with E-state index in [1.165, 1.54) is 4.90 Å². The van der Waals surface area contributed by atoms with E-state index in [2.05, 4.69) is 24.5 Å². The van der Waals surface area contributed by atoms with Crippen LogP contribution in [0.3, 0.4) is 0 Å². The van der Waals surface area contributed by atoms with Crippen molar-refractivity contribution < 1.29 is 9.59 Å². The lowest BCUT2D eigenvalue weighted by Crippen LogP contribution is -2.48. The Balaban J connectivity index is 2.13. The van der Waals surface area contributed by atoms with Gasteiger partial charge in [-0.1, -0.05) is 25.8 Å². The van der Waals surface area contributed by atoms with Crippen LogP contribution in [-0.4, -0.2) is 34.7 Å². The highest BCUT2D eigenvalue weighted by molar-refractivity contribution is 7.80. The molecular weight excluding hydrogens is 236 g/mol. The summed E-state index contributed by atoms with van der Waals surface area (Å²) < 4.78 is 0. The van der Waals surface area contributed by atoms with Crippen LogP contribution in [0.15, 0.2) is 12.2 Å². The molecule has 1 aliphatic carbocycles. The van der Waals surface area contributed by atoms with Gasteiger partial charge in [0.05, 0.1) is 6.54 Å². The number of thiol groups is 1. The van der Waals surface area contributed by atoms with Crippen LogP contribution in [0.4, 0.5) is 4.79 Å². The molecule has 0 bridgehead atoms. The first-order chi connectivity index (χ1) is 8.09.